The zero-order valence-electron chi connectivity index (χ0n) is 9.25. The van der Waals surface area contributed by atoms with E-state index in [2.05, 4.69) is 10.3 Å². The summed E-state index contributed by atoms with van der Waals surface area (Å²) in [6.07, 6.45) is 2.84. The highest BCUT2D eigenvalue weighted by Crippen LogP contribution is 2.25. The summed E-state index contributed by atoms with van der Waals surface area (Å²) in [6, 6.07) is 8.98. The molecule has 0 amide bonds. The molecule has 0 saturated heterocycles. The number of aryl methyl sites for hydroxylation is 1. The second kappa shape index (κ2) is 4.61. The van der Waals surface area contributed by atoms with Crippen molar-refractivity contribution in [2.45, 2.75) is 6.92 Å². The fraction of sp³-hybridized carbons (Fsp3) is 0.0833. The third kappa shape index (κ3) is 2.57. The molecule has 1 heterocycles. The minimum Gasteiger partial charge on any atom is -0.349 e. The Kier molecular flexibility index (Phi) is 3.00. The fourth-order valence-electron chi connectivity index (χ4n) is 1.44. The van der Waals surface area contributed by atoms with Crippen LogP contribution >= 0.6 is 0 Å². The summed E-state index contributed by atoms with van der Waals surface area (Å²) >= 11 is 0. The van der Waals surface area contributed by atoms with Crippen molar-refractivity contribution in [3.8, 4) is 0 Å². The van der Waals surface area contributed by atoms with Gasteiger partial charge in [0.1, 0.15) is 5.69 Å². The van der Waals surface area contributed by atoms with E-state index in [9.17, 15) is 10.1 Å². The number of nitrogens with zero attached hydrogens (tertiary/aromatic N) is 2. The summed E-state index contributed by atoms with van der Waals surface area (Å²) in [5.74, 6) is 0. The van der Waals surface area contributed by atoms with Crippen molar-refractivity contribution in [1.29, 1.82) is 0 Å². The Hall–Kier alpha value is -2.43. The van der Waals surface area contributed by atoms with Crippen LogP contribution in [0.1, 0.15) is 5.56 Å². The zero-order valence-corrected chi connectivity index (χ0v) is 9.25. The van der Waals surface area contributed by atoms with Gasteiger partial charge in [0.25, 0.3) is 5.69 Å². The number of nitrogens with one attached hydrogen (secondary N) is 1. The smallest absolute Gasteiger partial charge is 0.295 e. The third-order valence-electron chi connectivity index (χ3n) is 2.33. The van der Waals surface area contributed by atoms with Crippen molar-refractivity contribution in [3.63, 3.8) is 0 Å². The summed E-state index contributed by atoms with van der Waals surface area (Å²) in [6.45, 7) is 1.98. The van der Waals surface area contributed by atoms with Gasteiger partial charge < -0.3 is 5.32 Å². The molecule has 1 aromatic carbocycles. The number of rotatable bonds is 3. The lowest BCUT2D eigenvalue weighted by Crippen LogP contribution is -1.97. The molecule has 0 unspecified atom stereocenters. The predicted molar refractivity (Wildman–Crippen MR) is 65.4 cm³/mol. The fourth-order valence-corrected chi connectivity index (χ4v) is 1.44. The van der Waals surface area contributed by atoms with Crippen molar-refractivity contribution in [2.24, 2.45) is 0 Å². The molecule has 2 rings (SSSR count). The largest absolute Gasteiger partial charge is 0.349 e. The molecule has 0 aliphatic heterocycles. The van der Waals surface area contributed by atoms with E-state index in [4.69, 9.17) is 0 Å². The van der Waals surface area contributed by atoms with Gasteiger partial charge in [-0.1, -0.05) is 17.7 Å². The molecule has 0 aliphatic rings. The van der Waals surface area contributed by atoms with E-state index < -0.39 is 4.92 Å². The Bertz CT molecular complexity index is 538. The van der Waals surface area contributed by atoms with Crippen molar-refractivity contribution in [2.75, 3.05) is 5.32 Å². The Morgan fingerprint density at radius 3 is 2.59 bits per heavy atom. The van der Waals surface area contributed by atoms with E-state index in [-0.39, 0.29) is 5.69 Å². The number of anilines is 2. The summed E-state index contributed by atoms with van der Waals surface area (Å²) in [5, 5.41) is 13.8. The van der Waals surface area contributed by atoms with Crippen LogP contribution in [-0.4, -0.2) is 9.91 Å². The molecular formula is C12H11N3O2. The molecule has 0 saturated carbocycles. The normalized spacial score (nSPS) is 9.94. The summed E-state index contributed by atoms with van der Waals surface area (Å²) in [4.78, 5) is 14.2. The molecule has 5 heteroatoms. The average Bonchev–Trinajstić information content (AvgIpc) is 2.32. The number of hydrogen-bond donors (Lipinski definition) is 1. The molecular weight excluding hydrogens is 218 g/mol. The van der Waals surface area contributed by atoms with Crippen molar-refractivity contribution in [1.82, 2.24) is 4.98 Å². The molecule has 1 N–H and O–H groups in total. The topological polar surface area (TPSA) is 68.1 Å². The molecule has 1 aromatic heterocycles. The van der Waals surface area contributed by atoms with Crippen LogP contribution in [0.15, 0.2) is 42.7 Å². The quantitative estimate of drug-likeness (QED) is 0.648. The van der Waals surface area contributed by atoms with Crippen LogP contribution in [0.3, 0.4) is 0 Å². The van der Waals surface area contributed by atoms with E-state index in [1.807, 2.05) is 31.2 Å². The minimum absolute atomic E-state index is 0.0144. The van der Waals surface area contributed by atoms with Gasteiger partial charge in [0.15, 0.2) is 0 Å². The van der Waals surface area contributed by atoms with Crippen LogP contribution in [0.2, 0.25) is 0 Å². The predicted octanol–water partition coefficient (Wildman–Crippen LogP) is 3.04. The molecule has 0 bridgehead atoms. The van der Waals surface area contributed by atoms with Gasteiger partial charge in [-0.15, -0.1) is 0 Å². The lowest BCUT2D eigenvalue weighted by molar-refractivity contribution is -0.384. The van der Waals surface area contributed by atoms with E-state index >= 15 is 0 Å². The van der Waals surface area contributed by atoms with Crippen LogP contribution in [-0.2, 0) is 0 Å². The van der Waals surface area contributed by atoms with Gasteiger partial charge in [-0.2, -0.15) is 0 Å². The molecule has 2 aromatic rings. The maximum absolute atomic E-state index is 10.8. The Morgan fingerprint density at radius 1 is 1.24 bits per heavy atom. The van der Waals surface area contributed by atoms with E-state index in [1.165, 1.54) is 18.5 Å². The van der Waals surface area contributed by atoms with Crippen molar-refractivity contribution in [3.05, 3.63) is 58.4 Å². The second-order valence-electron chi connectivity index (χ2n) is 3.64. The van der Waals surface area contributed by atoms with E-state index in [0.29, 0.717) is 5.69 Å². The summed E-state index contributed by atoms with van der Waals surface area (Å²) < 4.78 is 0. The molecule has 86 valence electrons. The van der Waals surface area contributed by atoms with Crippen LogP contribution in [0, 0.1) is 17.0 Å². The Balaban J connectivity index is 2.30. The molecule has 17 heavy (non-hydrogen) atoms. The first kappa shape index (κ1) is 11.1. The first-order chi connectivity index (χ1) is 8.16. The molecule has 0 fully saturated rings. The number of nitro groups is 1. The third-order valence-corrected chi connectivity index (χ3v) is 2.33. The van der Waals surface area contributed by atoms with Gasteiger partial charge >= 0.3 is 0 Å². The Morgan fingerprint density at radius 2 is 1.94 bits per heavy atom. The monoisotopic (exact) mass is 229 g/mol. The summed E-state index contributed by atoms with van der Waals surface area (Å²) in [5.41, 5.74) is 2.34. The lowest BCUT2D eigenvalue weighted by atomic mass is 10.2. The second-order valence-corrected chi connectivity index (χ2v) is 3.64. The number of benzene rings is 1. The number of pyridine rings is 1. The van der Waals surface area contributed by atoms with E-state index in [0.717, 1.165) is 11.3 Å². The van der Waals surface area contributed by atoms with Gasteiger partial charge in [-0.3, -0.25) is 15.1 Å². The van der Waals surface area contributed by atoms with Crippen LogP contribution in [0.5, 0.6) is 0 Å². The van der Waals surface area contributed by atoms with E-state index in [1.54, 1.807) is 0 Å². The highest BCUT2D eigenvalue weighted by Gasteiger charge is 2.12. The first-order valence-electron chi connectivity index (χ1n) is 5.09. The van der Waals surface area contributed by atoms with Crippen molar-refractivity contribution >= 4 is 17.1 Å². The van der Waals surface area contributed by atoms with Gasteiger partial charge in [-0.05, 0) is 19.1 Å². The number of aromatic nitrogens is 1. The van der Waals surface area contributed by atoms with Gasteiger partial charge in [0.2, 0.25) is 0 Å². The Labute approximate surface area is 98.3 Å². The molecule has 0 spiro atoms. The van der Waals surface area contributed by atoms with Crippen LogP contribution in [0.25, 0.3) is 0 Å². The van der Waals surface area contributed by atoms with Gasteiger partial charge in [0.05, 0.1) is 11.1 Å². The zero-order chi connectivity index (χ0) is 12.3. The van der Waals surface area contributed by atoms with Gasteiger partial charge in [0, 0.05) is 18.0 Å². The highest BCUT2D eigenvalue weighted by atomic mass is 16.6. The average molecular weight is 229 g/mol. The lowest BCUT2D eigenvalue weighted by Gasteiger charge is -2.06. The first-order valence-corrected chi connectivity index (χ1v) is 5.09. The van der Waals surface area contributed by atoms with Crippen LogP contribution in [0.4, 0.5) is 17.1 Å². The molecule has 5 nitrogen and oxygen atoms in total. The minimum atomic E-state index is -0.432. The standard InChI is InChI=1S/C12H11N3O2/c1-9-2-4-10(5-3-9)14-11-8-13-7-6-12(11)15(16)17/h2-8,14H,1H3. The molecule has 0 aliphatic carbocycles. The summed E-state index contributed by atoms with van der Waals surface area (Å²) in [7, 11) is 0. The van der Waals surface area contributed by atoms with Crippen LogP contribution < -0.4 is 5.32 Å². The SMILES string of the molecule is Cc1ccc(Nc2cnccc2[N+](=O)[O-])cc1. The highest BCUT2D eigenvalue weighted by molar-refractivity contribution is 5.68. The van der Waals surface area contributed by atoms with Gasteiger partial charge in [-0.25, -0.2) is 0 Å². The van der Waals surface area contributed by atoms with Crippen molar-refractivity contribution < 1.29 is 4.92 Å². The molecule has 0 radical (unpaired) electrons. The number of hydrogen-bond acceptors (Lipinski definition) is 4. The maximum Gasteiger partial charge on any atom is 0.295 e. The molecule has 0 atom stereocenters. The maximum atomic E-state index is 10.8.